The monoisotopic (exact) mass is 429 g/mol. The van der Waals surface area contributed by atoms with E-state index in [1.807, 2.05) is 0 Å². The van der Waals surface area contributed by atoms with Gasteiger partial charge in [0, 0.05) is 35.7 Å². The fourth-order valence-corrected chi connectivity index (χ4v) is 4.66. The van der Waals surface area contributed by atoms with Crippen molar-refractivity contribution in [1.29, 1.82) is 0 Å². The number of nitrogens with zero attached hydrogens (tertiary/aromatic N) is 1. The predicted octanol–water partition coefficient (Wildman–Crippen LogP) is 3.09. The van der Waals surface area contributed by atoms with E-state index in [1.165, 1.54) is 36.4 Å². The van der Waals surface area contributed by atoms with Crippen LogP contribution in [0.1, 0.15) is 29.6 Å². The molecule has 3 aromatic rings. The summed E-state index contributed by atoms with van der Waals surface area (Å²) in [5.41, 5.74) is 0.337. The fraction of sp³-hybridized carbons (Fsp3) is 0.238. The first-order valence-electron chi connectivity index (χ1n) is 9.58. The number of benzene rings is 2. The van der Waals surface area contributed by atoms with Gasteiger partial charge in [0.15, 0.2) is 0 Å². The number of carbonyl (C=O) groups excluding carboxylic acids is 1. The summed E-state index contributed by atoms with van der Waals surface area (Å²) in [5.74, 6) is -0.764. The zero-order valence-corrected chi connectivity index (χ0v) is 16.8. The molecule has 0 bridgehead atoms. The molecule has 7 nitrogen and oxygen atoms in total. The van der Waals surface area contributed by atoms with Gasteiger partial charge in [-0.3, -0.25) is 14.3 Å². The Labute approximate surface area is 172 Å². The molecule has 0 unspecified atom stereocenters. The number of aromatic amines is 1. The van der Waals surface area contributed by atoms with Crippen LogP contribution in [0.25, 0.3) is 10.9 Å². The highest BCUT2D eigenvalue weighted by Gasteiger charge is 2.22. The summed E-state index contributed by atoms with van der Waals surface area (Å²) in [6.45, 7) is 1.22. The zero-order valence-electron chi connectivity index (χ0n) is 16.0. The molecule has 1 saturated heterocycles. The number of rotatable bonds is 4. The summed E-state index contributed by atoms with van der Waals surface area (Å²) in [5, 5.41) is 0.354. The third-order valence-electron chi connectivity index (χ3n) is 5.09. The van der Waals surface area contributed by atoms with E-state index < -0.39 is 21.4 Å². The number of fused-ring (bicyclic) bond motifs is 1. The maximum absolute atomic E-state index is 13.1. The molecular weight excluding hydrogens is 409 g/mol. The molecule has 0 spiro atoms. The van der Waals surface area contributed by atoms with Crippen LogP contribution in [-0.2, 0) is 10.0 Å². The van der Waals surface area contributed by atoms with Gasteiger partial charge in [-0.15, -0.1) is 0 Å². The number of H-pyrrole nitrogens is 1. The predicted molar refractivity (Wildman–Crippen MR) is 112 cm³/mol. The number of hydrogen-bond acceptors (Lipinski definition) is 4. The third-order valence-corrected chi connectivity index (χ3v) is 6.47. The molecule has 156 valence electrons. The van der Waals surface area contributed by atoms with E-state index in [2.05, 4.69) is 9.71 Å². The minimum absolute atomic E-state index is 0.0703. The minimum Gasteiger partial charge on any atom is -0.339 e. The lowest BCUT2D eigenvalue weighted by molar-refractivity contribution is 0.0726. The van der Waals surface area contributed by atoms with Gasteiger partial charge in [-0.05, 0) is 61.7 Å². The summed E-state index contributed by atoms with van der Waals surface area (Å²) >= 11 is 0. The molecule has 1 aliphatic rings. The van der Waals surface area contributed by atoms with E-state index in [1.54, 1.807) is 4.90 Å². The molecule has 2 N–H and O–H groups in total. The molecule has 0 radical (unpaired) electrons. The first-order chi connectivity index (χ1) is 14.3. The third kappa shape index (κ3) is 4.06. The molecule has 2 heterocycles. The quantitative estimate of drug-likeness (QED) is 0.666. The van der Waals surface area contributed by atoms with Gasteiger partial charge < -0.3 is 9.88 Å². The fourth-order valence-electron chi connectivity index (χ4n) is 3.58. The Morgan fingerprint density at radius 3 is 2.40 bits per heavy atom. The molecule has 0 saturated carbocycles. The standard InChI is InChI=1S/C21H20FN3O4S/c22-14-4-6-15(7-5-14)24-30(28,29)16-8-9-19-17(12-16)18(13-20(26)23-19)21(27)25-10-2-1-3-11-25/h4-9,12-13,24H,1-3,10-11H2,(H,23,26). The number of aromatic nitrogens is 1. The van der Waals surface area contributed by atoms with Crippen LogP contribution in [0.3, 0.4) is 0 Å². The van der Waals surface area contributed by atoms with Crippen LogP contribution in [-0.4, -0.2) is 37.3 Å². The smallest absolute Gasteiger partial charge is 0.261 e. The highest BCUT2D eigenvalue weighted by atomic mass is 32.2. The Kier molecular flexibility index (Phi) is 5.29. The van der Waals surface area contributed by atoms with Crippen molar-refractivity contribution in [3.05, 3.63) is 70.3 Å². The van der Waals surface area contributed by atoms with Gasteiger partial charge in [-0.1, -0.05) is 0 Å². The summed E-state index contributed by atoms with van der Waals surface area (Å²) in [6.07, 6.45) is 2.85. The van der Waals surface area contributed by atoms with Crippen molar-refractivity contribution in [1.82, 2.24) is 9.88 Å². The highest BCUT2D eigenvalue weighted by Crippen LogP contribution is 2.24. The van der Waals surface area contributed by atoms with Gasteiger partial charge in [0.1, 0.15) is 5.82 Å². The van der Waals surface area contributed by atoms with Crippen LogP contribution in [0, 0.1) is 5.82 Å². The molecule has 2 aromatic carbocycles. The number of sulfonamides is 1. The van der Waals surface area contributed by atoms with E-state index in [4.69, 9.17) is 0 Å². The topological polar surface area (TPSA) is 99.3 Å². The van der Waals surface area contributed by atoms with Crippen molar-refractivity contribution in [2.75, 3.05) is 17.8 Å². The minimum atomic E-state index is -3.98. The average Bonchev–Trinajstić information content (AvgIpc) is 2.74. The second-order valence-electron chi connectivity index (χ2n) is 7.22. The molecular formula is C21H20FN3O4S. The number of piperidine rings is 1. The Hall–Kier alpha value is -3.20. The number of nitrogens with one attached hydrogen (secondary N) is 2. The van der Waals surface area contributed by atoms with Gasteiger partial charge in [0.2, 0.25) is 5.56 Å². The first-order valence-corrected chi connectivity index (χ1v) is 11.1. The normalized spacial score (nSPS) is 14.6. The van der Waals surface area contributed by atoms with Crippen LogP contribution in [0.4, 0.5) is 10.1 Å². The number of pyridine rings is 1. The molecule has 4 rings (SSSR count). The van der Waals surface area contributed by atoms with E-state index in [0.29, 0.717) is 24.0 Å². The van der Waals surface area contributed by atoms with E-state index in [9.17, 15) is 22.4 Å². The number of hydrogen-bond donors (Lipinski definition) is 2. The molecule has 1 aliphatic heterocycles. The molecule has 0 atom stereocenters. The van der Waals surface area contributed by atoms with Crippen molar-refractivity contribution in [2.24, 2.45) is 0 Å². The van der Waals surface area contributed by atoms with Gasteiger partial charge in [-0.2, -0.15) is 0 Å². The second kappa shape index (κ2) is 7.91. The molecule has 0 aliphatic carbocycles. The molecule has 1 aromatic heterocycles. The van der Waals surface area contributed by atoms with Crippen LogP contribution in [0.2, 0.25) is 0 Å². The molecule has 9 heteroatoms. The van der Waals surface area contributed by atoms with Crippen LogP contribution >= 0.6 is 0 Å². The SMILES string of the molecule is O=C(c1cc(=O)[nH]c2ccc(S(=O)(=O)Nc3ccc(F)cc3)cc12)N1CCCCC1. The second-order valence-corrected chi connectivity index (χ2v) is 8.90. The summed E-state index contributed by atoms with van der Waals surface area (Å²) in [6, 6.07) is 10.3. The first kappa shape index (κ1) is 20.1. The number of halogens is 1. The lowest BCUT2D eigenvalue weighted by atomic mass is 10.1. The van der Waals surface area contributed by atoms with E-state index >= 15 is 0 Å². The van der Waals surface area contributed by atoms with Gasteiger partial charge >= 0.3 is 0 Å². The molecule has 1 fully saturated rings. The van der Waals surface area contributed by atoms with Crippen molar-refractivity contribution < 1.29 is 17.6 Å². The summed E-state index contributed by atoms with van der Waals surface area (Å²) in [7, 11) is -3.98. The Morgan fingerprint density at radius 2 is 1.70 bits per heavy atom. The maximum Gasteiger partial charge on any atom is 0.261 e. The number of carbonyl (C=O) groups is 1. The summed E-state index contributed by atoms with van der Waals surface area (Å²) in [4.78, 5) is 29.3. The van der Waals surface area contributed by atoms with Gasteiger partial charge in [0.25, 0.3) is 15.9 Å². The van der Waals surface area contributed by atoms with Crippen molar-refractivity contribution in [2.45, 2.75) is 24.2 Å². The van der Waals surface area contributed by atoms with Crippen molar-refractivity contribution in [3.63, 3.8) is 0 Å². The number of anilines is 1. The van der Waals surface area contributed by atoms with Crippen LogP contribution < -0.4 is 10.3 Å². The Bertz CT molecular complexity index is 1260. The number of amides is 1. The number of likely N-dealkylation sites (tertiary alicyclic amines) is 1. The summed E-state index contributed by atoms with van der Waals surface area (Å²) < 4.78 is 41.1. The van der Waals surface area contributed by atoms with E-state index in [0.717, 1.165) is 31.4 Å². The molecule has 30 heavy (non-hydrogen) atoms. The Morgan fingerprint density at radius 1 is 1.00 bits per heavy atom. The maximum atomic E-state index is 13.1. The average molecular weight is 429 g/mol. The molecule has 1 amide bonds. The largest absolute Gasteiger partial charge is 0.339 e. The van der Waals surface area contributed by atoms with Crippen molar-refractivity contribution >= 4 is 32.5 Å². The lowest BCUT2D eigenvalue weighted by Crippen LogP contribution is -2.36. The lowest BCUT2D eigenvalue weighted by Gasteiger charge is -2.27. The highest BCUT2D eigenvalue weighted by molar-refractivity contribution is 7.92. The van der Waals surface area contributed by atoms with Crippen molar-refractivity contribution in [3.8, 4) is 0 Å². The van der Waals surface area contributed by atoms with Crippen LogP contribution in [0.15, 0.2) is 58.2 Å². The van der Waals surface area contributed by atoms with Gasteiger partial charge in [0.05, 0.1) is 10.5 Å². The van der Waals surface area contributed by atoms with Gasteiger partial charge in [-0.25, -0.2) is 12.8 Å². The zero-order chi connectivity index (χ0) is 21.3. The Balaban J connectivity index is 1.75. The van der Waals surface area contributed by atoms with E-state index in [-0.39, 0.29) is 22.1 Å². The van der Waals surface area contributed by atoms with Crippen LogP contribution in [0.5, 0.6) is 0 Å².